The Morgan fingerprint density at radius 2 is 1.94 bits per heavy atom. The molecule has 0 fully saturated rings. The summed E-state index contributed by atoms with van der Waals surface area (Å²) >= 11 is 0. The smallest absolute Gasteiger partial charge is 0.211 e. The van der Waals surface area contributed by atoms with Gasteiger partial charge in [0.1, 0.15) is 0 Å². The summed E-state index contributed by atoms with van der Waals surface area (Å²) in [6.45, 7) is 3.98. The molecule has 0 unspecified atom stereocenters. The number of fused-ring (bicyclic) bond motifs is 1. The fraction of sp³-hybridized carbons (Fsp3) is 0.429. The van der Waals surface area contributed by atoms with E-state index in [0.29, 0.717) is 17.9 Å². The molecule has 0 saturated heterocycles. The molecule has 3 nitrogen and oxygen atoms in total. The lowest BCUT2D eigenvalue weighted by Gasteiger charge is -2.16. The summed E-state index contributed by atoms with van der Waals surface area (Å²) in [6, 6.07) is 5.49. The Bertz CT molecular complexity index is 535. The number of sulfonamides is 1. The van der Waals surface area contributed by atoms with Crippen LogP contribution < -0.4 is 4.72 Å². The van der Waals surface area contributed by atoms with E-state index in [4.69, 9.17) is 0 Å². The van der Waals surface area contributed by atoms with Gasteiger partial charge in [0.2, 0.25) is 10.0 Å². The average molecular weight is 265 g/mol. The van der Waals surface area contributed by atoms with E-state index in [-0.39, 0.29) is 0 Å². The first kappa shape index (κ1) is 13.3. The van der Waals surface area contributed by atoms with Crippen LogP contribution in [0.3, 0.4) is 0 Å². The van der Waals surface area contributed by atoms with E-state index in [1.54, 1.807) is 12.1 Å². The van der Waals surface area contributed by atoms with E-state index >= 15 is 0 Å². The van der Waals surface area contributed by atoms with Crippen molar-refractivity contribution >= 4 is 10.0 Å². The molecule has 0 aliphatic heterocycles. The monoisotopic (exact) mass is 265 g/mol. The highest BCUT2D eigenvalue weighted by Crippen LogP contribution is 2.23. The van der Waals surface area contributed by atoms with Gasteiger partial charge in [0.05, 0.1) is 4.90 Å². The average Bonchev–Trinajstić information content (AvgIpc) is 2.38. The van der Waals surface area contributed by atoms with Gasteiger partial charge in [0, 0.05) is 6.54 Å². The molecule has 4 heteroatoms. The van der Waals surface area contributed by atoms with Crippen molar-refractivity contribution in [1.29, 1.82) is 0 Å². The van der Waals surface area contributed by atoms with Gasteiger partial charge in [0.25, 0.3) is 0 Å². The largest absolute Gasteiger partial charge is 0.240 e. The van der Waals surface area contributed by atoms with Gasteiger partial charge >= 0.3 is 0 Å². The maximum absolute atomic E-state index is 12.0. The summed E-state index contributed by atoms with van der Waals surface area (Å²) < 4.78 is 26.7. The van der Waals surface area contributed by atoms with Gasteiger partial charge in [0.15, 0.2) is 0 Å². The lowest BCUT2D eigenvalue weighted by molar-refractivity contribution is 0.581. The Hall–Kier alpha value is -1.13. The minimum Gasteiger partial charge on any atom is -0.211 e. The molecule has 0 aromatic heterocycles. The Balaban J connectivity index is 2.19. The first-order valence-corrected chi connectivity index (χ1v) is 7.84. The van der Waals surface area contributed by atoms with Gasteiger partial charge in [-0.2, -0.15) is 0 Å². The van der Waals surface area contributed by atoms with Crippen molar-refractivity contribution in [2.75, 3.05) is 6.54 Å². The normalized spacial score (nSPS) is 15.1. The Morgan fingerprint density at radius 3 is 2.67 bits per heavy atom. The second kappa shape index (κ2) is 5.67. The lowest BCUT2D eigenvalue weighted by Crippen LogP contribution is -2.24. The van der Waals surface area contributed by atoms with E-state index < -0.39 is 10.0 Å². The molecular formula is C14H19NO2S. The minimum absolute atomic E-state index is 0.382. The van der Waals surface area contributed by atoms with Gasteiger partial charge in [-0.1, -0.05) is 12.1 Å². The summed E-state index contributed by atoms with van der Waals surface area (Å²) in [5.41, 5.74) is 2.49. The van der Waals surface area contributed by atoms with Gasteiger partial charge in [-0.15, -0.1) is 6.58 Å². The summed E-state index contributed by atoms with van der Waals surface area (Å²) in [7, 11) is -3.36. The topological polar surface area (TPSA) is 46.2 Å². The molecule has 2 rings (SSSR count). The van der Waals surface area contributed by atoms with Crippen LogP contribution in [0.1, 0.15) is 30.4 Å². The van der Waals surface area contributed by atoms with Crippen LogP contribution in [-0.2, 0) is 22.9 Å². The number of rotatable bonds is 5. The van der Waals surface area contributed by atoms with Crippen LogP contribution in [0.15, 0.2) is 35.7 Å². The summed E-state index contributed by atoms with van der Waals surface area (Å²) in [5, 5.41) is 0. The zero-order valence-electron chi connectivity index (χ0n) is 10.5. The van der Waals surface area contributed by atoms with Crippen molar-refractivity contribution in [3.8, 4) is 0 Å². The molecule has 1 N–H and O–H groups in total. The molecular weight excluding hydrogens is 246 g/mol. The number of aryl methyl sites for hydroxylation is 2. The van der Waals surface area contributed by atoms with Crippen LogP contribution in [0.25, 0.3) is 0 Å². The number of benzene rings is 1. The third-order valence-corrected chi connectivity index (χ3v) is 4.73. The van der Waals surface area contributed by atoms with Crippen molar-refractivity contribution in [3.05, 3.63) is 42.0 Å². The number of nitrogens with one attached hydrogen (secondary N) is 1. The van der Waals surface area contributed by atoms with Gasteiger partial charge in [-0.3, -0.25) is 0 Å². The molecule has 1 aliphatic carbocycles. The minimum atomic E-state index is -3.36. The second-order valence-corrected chi connectivity index (χ2v) is 6.38. The SMILES string of the molecule is C=CCCNS(=O)(=O)c1ccc2c(c1)CCCC2. The van der Waals surface area contributed by atoms with Gasteiger partial charge in [-0.05, 0) is 55.4 Å². The maximum atomic E-state index is 12.0. The molecule has 0 heterocycles. The van der Waals surface area contributed by atoms with Crippen LogP contribution in [0.2, 0.25) is 0 Å². The fourth-order valence-electron chi connectivity index (χ4n) is 2.26. The number of hydrogen-bond donors (Lipinski definition) is 1. The predicted molar refractivity (Wildman–Crippen MR) is 73.1 cm³/mol. The van der Waals surface area contributed by atoms with Crippen molar-refractivity contribution in [2.24, 2.45) is 0 Å². The Kier molecular flexibility index (Phi) is 4.19. The summed E-state index contributed by atoms with van der Waals surface area (Å²) in [5.74, 6) is 0. The highest BCUT2D eigenvalue weighted by Gasteiger charge is 2.16. The quantitative estimate of drug-likeness (QED) is 0.656. The van der Waals surface area contributed by atoms with Crippen molar-refractivity contribution in [3.63, 3.8) is 0 Å². The fourth-order valence-corrected chi connectivity index (χ4v) is 3.35. The first-order chi connectivity index (χ1) is 8.63. The highest BCUT2D eigenvalue weighted by molar-refractivity contribution is 7.89. The molecule has 0 bridgehead atoms. The summed E-state index contributed by atoms with van der Waals surface area (Å²) in [6.07, 6.45) is 6.77. The Morgan fingerprint density at radius 1 is 1.22 bits per heavy atom. The summed E-state index contributed by atoms with van der Waals surface area (Å²) in [4.78, 5) is 0.382. The molecule has 0 saturated carbocycles. The zero-order chi connectivity index (χ0) is 13.0. The maximum Gasteiger partial charge on any atom is 0.240 e. The molecule has 1 aromatic rings. The van der Waals surface area contributed by atoms with Gasteiger partial charge in [-0.25, -0.2) is 13.1 Å². The van der Waals surface area contributed by atoms with E-state index in [1.165, 1.54) is 17.5 Å². The van der Waals surface area contributed by atoms with Gasteiger partial charge < -0.3 is 0 Å². The molecule has 18 heavy (non-hydrogen) atoms. The van der Waals surface area contributed by atoms with E-state index in [1.807, 2.05) is 12.1 Å². The predicted octanol–water partition coefficient (Wildman–Crippen LogP) is 2.42. The van der Waals surface area contributed by atoms with Crippen molar-refractivity contribution in [1.82, 2.24) is 4.72 Å². The van der Waals surface area contributed by atoms with E-state index in [2.05, 4.69) is 11.3 Å². The van der Waals surface area contributed by atoms with Crippen LogP contribution in [-0.4, -0.2) is 15.0 Å². The Labute approximate surface area is 109 Å². The standard InChI is InChI=1S/C14H19NO2S/c1-2-3-10-15-18(16,17)14-9-8-12-6-4-5-7-13(12)11-14/h2,8-9,11,15H,1,3-7,10H2. The molecule has 0 radical (unpaired) electrons. The first-order valence-electron chi connectivity index (χ1n) is 6.36. The molecule has 0 amide bonds. The van der Waals surface area contributed by atoms with E-state index in [0.717, 1.165) is 19.3 Å². The van der Waals surface area contributed by atoms with Crippen LogP contribution in [0.5, 0.6) is 0 Å². The van der Waals surface area contributed by atoms with E-state index in [9.17, 15) is 8.42 Å². The number of hydrogen-bond acceptors (Lipinski definition) is 2. The molecule has 0 atom stereocenters. The highest BCUT2D eigenvalue weighted by atomic mass is 32.2. The van der Waals surface area contributed by atoms with Crippen LogP contribution in [0, 0.1) is 0 Å². The third-order valence-electron chi connectivity index (χ3n) is 3.27. The van der Waals surface area contributed by atoms with Crippen LogP contribution >= 0.6 is 0 Å². The molecule has 0 spiro atoms. The molecule has 98 valence electrons. The lowest BCUT2D eigenvalue weighted by atomic mass is 9.92. The second-order valence-electron chi connectivity index (χ2n) is 4.61. The van der Waals surface area contributed by atoms with Crippen molar-refractivity contribution in [2.45, 2.75) is 37.0 Å². The third kappa shape index (κ3) is 3.00. The van der Waals surface area contributed by atoms with Crippen molar-refractivity contribution < 1.29 is 8.42 Å². The zero-order valence-corrected chi connectivity index (χ0v) is 11.3. The molecule has 1 aromatic carbocycles. The van der Waals surface area contributed by atoms with Crippen LogP contribution in [0.4, 0.5) is 0 Å². The molecule has 1 aliphatic rings.